The third-order valence-corrected chi connectivity index (χ3v) is 4.90. The summed E-state index contributed by atoms with van der Waals surface area (Å²) < 4.78 is 2.25. The van der Waals surface area contributed by atoms with Gasteiger partial charge in [0.25, 0.3) is 0 Å². The van der Waals surface area contributed by atoms with E-state index in [0.29, 0.717) is 5.92 Å². The molecule has 0 saturated heterocycles. The highest BCUT2D eigenvalue weighted by Gasteiger charge is 2.12. The fourth-order valence-corrected chi connectivity index (χ4v) is 3.56. The van der Waals surface area contributed by atoms with Gasteiger partial charge in [-0.05, 0) is 23.5 Å². The van der Waals surface area contributed by atoms with Crippen LogP contribution in [0.3, 0.4) is 0 Å². The van der Waals surface area contributed by atoms with Gasteiger partial charge < -0.3 is 4.57 Å². The van der Waals surface area contributed by atoms with Gasteiger partial charge in [-0.1, -0.05) is 98.8 Å². The van der Waals surface area contributed by atoms with Crippen LogP contribution in [-0.2, 0) is 13.0 Å². The van der Waals surface area contributed by atoms with Crippen molar-refractivity contribution < 1.29 is 0 Å². The third kappa shape index (κ3) is 4.23. The van der Waals surface area contributed by atoms with E-state index in [0.717, 1.165) is 35.6 Å². The molecule has 0 amide bonds. The van der Waals surface area contributed by atoms with Crippen molar-refractivity contribution in [3.05, 3.63) is 102 Å². The molecule has 0 aliphatic rings. The van der Waals surface area contributed by atoms with Gasteiger partial charge in [0.2, 0.25) is 0 Å². The standard InChI is InChI=1S/C26H26N2/c1-20(2)17-21-13-15-23(16-14-21)25-19-28(18-22-9-5-3-6-10-22)26(27-25)24-11-7-4-8-12-24/h3-16,19-20H,17-18H2,1-2H3. The first-order valence-electron chi connectivity index (χ1n) is 9.95. The lowest BCUT2D eigenvalue weighted by Crippen LogP contribution is -2.00. The molecule has 0 bridgehead atoms. The van der Waals surface area contributed by atoms with E-state index in [2.05, 4.69) is 103 Å². The number of nitrogens with zero attached hydrogens (tertiary/aromatic N) is 2. The maximum Gasteiger partial charge on any atom is 0.140 e. The van der Waals surface area contributed by atoms with Gasteiger partial charge in [0.1, 0.15) is 5.82 Å². The second kappa shape index (κ2) is 8.26. The predicted molar refractivity (Wildman–Crippen MR) is 117 cm³/mol. The van der Waals surface area contributed by atoms with Gasteiger partial charge in [0.05, 0.1) is 5.69 Å². The van der Waals surface area contributed by atoms with E-state index in [4.69, 9.17) is 4.98 Å². The lowest BCUT2D eigenvalue weighted by Gasteiger charge is -2.07. The Morgan fingerprint density at radius 2 is 1.36 bits per heavy atom. The lowest BCUT2D eigenvalue weighted by atomic mass is 10.0. The van der Waals surface area contributed by atoms with Crippen molar-refractivity contribution in [3.8, 4) is 22.6 Å². The fourth-order valence-electron chi connectivity index (χ4n) is 3.56. The molecule has 0 N–H and O–H groups in total. The molecule has 140 valence electrons. The van der Waals surface area contributed by atoms with Gasteiger partial charge in [-0.25, -0.2) is 4.98 Å². The number of aromatic nitrogens is 2. The summed E-state index contributed by atoms with van der Waals surface area (Å²) in [5.41, 5.74) is 5.98. The number of hydrogen-bond donors (Lipinski definition) is 0. The van der Waals surface area contributed by atoms with E-state index >= 15 is 0 Å². The molecular formula is C26H26N2. The molecule has 3 aromatic carbocycles. The second-order valence-corrected chi connectivity index (χ2v) is 7.72. The largest absolute Gasteiger partial charge is 0.326 e. The highest BCUT2D eigenvalue weighted by molar-refractivity contribution is 5.65. The van der Waals surface area contributed by atoms with Crippen LogP contribution in [0.25, 0.3) is 22.6 Å². The normalized spacial score (nSPS) is 11.1. The molecule has 4 rings (SSSR count). The summed E-state index contributed by atoms with van der Waals surface area (Å²) in [6, 6.07) is 29.8. The maximum absolute atomic E-state index is 5.00. The average molecular weight is 367 g/mol. The molecular weight excluding hydrogens is 340 g/mol. The average Bonchev–Trinajstić information content (AvgIpc) is 3.13. The minimum Gasteiger partial charge on any atom is -0.326 e. The van der Waals surface area contributed by atoms with Gasteiger partial charge in [-0.15, -0.1) is 0 Å². The zero-order valence-electron chi connectivity index (χ0n) is 16.5. The Labute approximate surface area is 167 Å². The van der Waals surface area contributed by atoms with Gasteiger partial charge in [-0.2, -0.15) is 0 Å². The zero-order chi connectivity index (χ0) is 19.3. The van der Waals surface area contributed by atoms with Crippen molar-refractivity contribution in [1.82, 2.24) is 9.55 Å². The number of hydrogen-bond acceptors (Lipinski definition) is 1. The molecule has 28 heavy (non-hydrogen) atoms. The first kappa shape index (κ1) is 18.2. The number of rotatable bonds is 6. The van der Waals surface area contributed by atoms with Gasteiger partial charge in [0, 0.05) is 23.9 Å². The highest BCUT2D eigenvalue weighted by atomic mass is 15.1. The van der Waals surface area contributed by atoms with Crippen LogP contribution in [0.15, 0.2) is 91.1 Å². The summed E-state index contributed by atoms with van der Waals surface area (Å²) in [6.07, 6.45) is 3.28. The Kier molecular flexibility index (Phi) is 5.38. The number of benzene rings is 3. The topological polar surface area (TPSA) is 17.8 Å². The Bertz CT molecular complexity index is 1010. The molecule has 1 heterocycles. The quantitative estimate of drug-likeness (QED) is 0.383. The molecule has 0 atom stereocenters. The van der Waals surface area contributed by atoms with Crippen LogP contribution in [0.5, 0.6) is 0 Å². The molecule has 0 spiro atoms. The molecule has 0 unspecified atom stereocenters. The SMILES string of the molecule is CC(C)Cc1ccc(-c2cn(Cc3ccccc3)c(-c3ccccc3)n2)cc1. The van der Waals surface area contributed by atoms with E-state index in [9.17, 15) is 0 Å². The maximum atomic E-state index is 5.00. The van der Waals surface area contributed by atoms with Crippen molar-refractivity contribution in [3.63, 3.8) is 0 Å². The Morgan fingerprint density at radius 1 is 0.714 bits per heavy atom. The second-order valence-electron chi connectivity index (χ2n) is 7.72. The first-order chi connectivity index (χ1) is 13.7. The van der Waals surface area contributed by atoms with Crippen LogP contribution in [-0.4, -0.2) is 9.55 Å². The summed E-state index contributed by atoms with van der Waals surface area (Å²) in [6.45, 7) is 5.32. The fraction of sp³-hybridized carbons (Fsp3) is 0.192. The van der Waals surface area contributed by atoms with Crippen LogP contribution in [0.1, 0.15) is 25.0 Å². The van der Waals surface area contributed by atoms with Crippen LogP contribution < -0.4 is 0 Å². The Hall–Kier alpha value is -3.13. The van der Waals surface area contributed by atoms with Gasteiger partial charge in [0.15, 0.2) is 0 Å². The van der Waals surface area contributed by atoms with E-state index in [1.807, 2.05) is 6.07 Å². The molecule has 2 heteroatoms. The summed E-state index contributed by atoms with van der Waals surface area (Å²) >= 11 is 0. The van der Waals surface area contributed by atoms with Crippen molar-refractivity contribution in [2.45, 2.75) is 26.8 Å². The zero-order valence-corrected chi connectivity index (χ0v) is 16.5. The minimum atomic E-state index is 0.667. The minimum absolute atomic E-state index is 0.667. The van der Waals surface area contributed by atoms with Crippen LogP contribution in [0.2, 0.25) is 0 Å². The summed E-state index contributed by atoms with van der Waals surface area (Å²) in [5.74, 6) is 1.67. The molecule has 0 aliphatic carbocycles. The van der Waals surface area contributed by atoms with E-state index < -0.39 is 0 Å². The predicted octanol–water partition coefficient (Wildman–Crippen LogP) is 6.46. The molecule has 0 aliphatic heterocycles. The van der Waals surface area contributed by atoms with Crippen molar-refractivity contribution in [1.29, 1.82) is 0 Å². The van der Waals surface area contributed by atoms with Crippen molar-refractivity contribution >= 4 is 0 Å². The summed E-state index contributed by atoms with van der Waals surface area (Å²) in [7, 11) is 0. The molecule has 1 aromatic heterocycles. The smallest absolute Gasteiger partial charge is 0.140 e. The van der Waals surface area contributed by atoms with Crippen LogP contribution in [0, 0.1) is 5.92 Å². The molecule has 0 saturated carbocycles. The molecule has 0 fully saturated rings. The molecule has 0 radical (unpaired) electrons. The first-order valence-corrected chi connectivity index (χ1v) is 9.95. The highest BCUT2D eigenvalue weighted by Crippen LogP contribution is 2.26. The van der Waals surface area contributed by atoms with E-state index in [1.165, 1.54) is 11.1 Å². The van der Waals surface area contributed by atoms with Crippen LogP contribution >= 0.6 is 0 Å². The van der Waals surface area contributed by atoms with Gasteiger partial charge in [-0.3, -0.25) is 0 Å². The molecule has 4 aromatic rings. The summed E-state index contributed by atoms with van der Waals surface area (Å²) in [4.78, 5) is 5.00. The third-order valence-electron chi connectivity index (χ3n) is 4.90. The van der Waals surface area contributed by atoms with Crippen LogP contribution in [0.4, 0.5) is 0 Å². The lowest BCUT2D eigenvalue weighted by molar-refractivity contribution is 0.647. The van der Waals surface area contributed by atoms with Gasteiger partial charge >= 0.3 is 0 Å². The van der Waals surface area contributed by atoms with Crippen molar-refractivity contribution in [2.75, 3.05) is 0 Å². The van der Waals surface area contributed by atoms with Crippen molar-refractivity contribution in [2.24, 2.45) is 5.92 Å². The number of imidazole rings is 1. The summed E-state index contributed by atoms with van der Waals surface area (Å²) in [5, 5.41) is 0. The van der Waals surface area contributed by atoms with E-state index in [1.54, 1.807) is 0 Å². The molecule has 2 nitrogen and oxygen atoms in total. The Morgan fingerprint density at radius 3 is 2.00 bits per heavy atom. The Balaban J connectivity index is 1.70. The van der Waals surface area contributed by atoms with E-state index in [-0.39, 0.29) is 0 Å². The monoisotopic (exact) mass is 366 g/mol.